The van der Waals surface area contributed by atoms with E-state index in [9.17, 15) is 9.90 Å². The Morgan fingerprint density at radius 1 is 1.21 bits per heavy atom. The summed E-state index contributed by atoms with van der Waals surface area (Å²) in [5.41, 5.74) is -0.413. The van der Waals surface area contributed by atoms with Crippen molar-refractivity contribution in [2.45, 2.75) is 51.2 Å². The van der Waals surface area contributed by atoms with E-state index < -0.39 is 5.60 Å². The number of hydrogen-bond acceptors (Lipinski definition) is 3. The standard InChI is InChI=1S/C16H24O3/c1-4-15(18)19-16(2,3)14-6-9-5-13(14)12-8-10(17)7-11(9)12/h4,9-14,17H,1,5-8H2,2-3H3. The molecule has 0 heterocycles. The number of fused-ring (bicyclic) bond motifs is 5. The van der Waals surface area contributed by atoms with Gasteiger partial charge in [-0.3, -0.25) is 0 Å². The zero-order chi connectivity index (χ0) is 13.8. The van der Waals surface area contributed by atoms with Crippen LogP contribution in [0.15, 0.2) is 12.7 Å². The molecule has 6 unspecified atom stereocenters. The number of rotatable bonds is 3. The van der Waals surface area contributed by atoms with Crippen LogP contribution in [-0.4, -0.2) is 22.8 Å². The Labute approximate surface area is 115 Å². The molecule has 19 heavy (non-hydrogen) atoms. The summed E-state index contributed by atoms with van der Waals surface area (Å²) in [7, 11) is 0. The molecule has 106 valence electrons. The van der Waals surface area contributed by atoms with Gasteiger partial charge in [0.15, 0.2) is 0 Å². The van der Waals surface area contributed by atoms with Crippen molar-refractivity contribution in [3.63, 3.8) is 0 Å². The third-order valence-corrected chi connectivity index (χ3v) is 5.87. The number of hydrogen-bond donors (Lipinski definition) is 1. The second kappa shape index (κ2) is 4.34. The fraction of sp³-hybridized carbons (Fsp3) is 0.812. The second-order valence-electron chi connectivity index (χ2n) is 7.18. The second-order valence-corrected chi connectivity index (χ2v) is 7.18. The van der Waals surface area contributed by atoms with E-state index in [1.807, 2.05) is 13.8 Å². The summed E-state index contributed by atoms with van der Waals surface area (Å²) in [6.07, 6.45) is 5.51. The molecule has 2 bridgehead atoms. The van der Waals surface area contributed by atoms with Crippen LogP contribution in [0.5, 0.6) is 0 Å². The number of aliphatic hydroxyl groups excluding tert-OH is 1. The normalized spacial score (nSPS) is 44.2. The molecule has 0 spiro atoms. The highest BCUT2D eigenvalue weighted by Gasteiger charge is 2.59. The zero-order valence-corrected chi connectivity index (χ0v) is 11.8. The summed E-state index contributed by atoms with van der Waals surface area (Å²) in [6.45, 7) is 7.53. The van der Waals surface area contributed by atoms with Gasteiger partial charge in [-0.15, -0.1) is 0 Å². The number of carbonyl (C=O) groups is 1. The van der Waals surface area contributed by atoms with Crippen LogP contribution in [0, 0.1) is 29.6 Å². The van der Waals surface area contributed by atoms with Gasteiger partial charge in [0, 0.05) is 12.0 Å². The fourth-order valence-corrected chi connectivity index (χ4v) is 5.22. The van der Waals surface area contributed by atoms with Crippen LogP contribution in [0.3, 0.4) is 0 Å². The predicted molar refractivity (Wildman–Crippen MR) is 72.3 cm³/mol. The first-order valence-corrected chi connectivity index (χ1v) is 7.46. The van der Waals surface area contributed by atoms with E-state index >= 15 is 0 Å². The largest absolute Gasteiger partial charge is 0.456 e. The first-order chi connectivity index (χ1) is 8.92. The smallest absolute Gasteiger partial charge is 0.330 e. The SMILES string of the molecule is C=CC(=O)OC(C)(C)C1CC2CC1C1CC(O)CC21. The Balaban J connectivity index is 1.74. The molecule has 3 aliphatic rings. The van der Waals surface area contributed by atoms with Gasteiger partial charge in [0.2, 0.25) is 0 Å². The lowest BCUT2D eigenvalue weighted by Crippen LogP contribution is -2.42. The molecule has 3 rings (SSSR count). The minimum absolute atomic E-state index is 0.0992. The molecule has 0 amide bonds. The van der Waals surface area contributed by atoms with E-state index in [4.69, 9.17) is 4.74 Å². The quantitative estimate of drug-likeness (QED) is 0.629. The van der Waals surface area contributed by atoms with Crippen LogP contribution < -0.4 is 0 Å². The van der Waals surface area contributed by atoms with Gasteiger partial charge in [0.1, 0.15) is 5.60 Å². The van der Waals surface area contributed by atoms with Crippen molar-refractivity contribution in [3.8, 4) is 0 Å². The highest BCUT2D eigenvalue weighted by atomic mass is 16.6. The van der Waals surface area contributed by atoms with Crippen molar-refractivity contribution >= 4 is 5.97 Å². The van der Waals surface area contributed by atoms with Crippen molar-refractivity contribution in [1.29, 1.82) is 0 Å². The van der Waals surface area contributed by atoms with Crippen molar-refractivity contribution in [2.24, 2.45) is 29.6 Å². The first-order valence-electron chi connectivity index (χ1n) is 7.46. The van der Waals surface area contributed by atoms with Gasteiger partial charge < -0.3 is 9.84 Å². The Hall–Kier alpha value is -0.830. The predicted octanol–water partition coefficient (Wildman–Crippen LogP) is 2.54. The molecule has 1 N–H and O–H groups in total. The topological polar surface area (TPSA) is 46.5 Å². The van der Waals surface area contributed by atoms with E-state index in [1.165, 1.54) is 12.5 Å². The van der Waals surface area contributed by atoms with Crippen LogP contribution in [0.25, 0.3) is 0 Å². The van der Waals surface area contributed by atoms with Gasteiger partial charge in [-0.2, -0.15) is 0 Å². The molecule has 3 heteroatoms. The molecule has 0 aliphatic heterocycles. The molecule has 0 saturated heterocycles. The Morgan fingerprint density at radius 3 is 2.58 bits per heavy atom. The van der Waals surface area contributed by atoms with Crippen LogP contribution in [0.1, 0.15) is 39.5 Å². The van der Waals surface area contributed by atoms with Gasteiger partial charge in [0.05, 0.1) is 6.10 Å². The first kappa shape index (κ1) is 13.2. The molecule has 3 saturated carbocycles. The van der Waals surface area contributed by atoms with Gasteiger partial charge in [-0.05, 0) is 63.2 Å². The van der Waals surface area contributed by atoms with Crippen LogP contribution >= 0.6 is 0 Å². The molecule has 3 aliphatic carbocycles. The maximum Gasteiger partial charge on any atom is 0.330 e. The maximum atomic E-state index is 11.5. The maximum absolute atomic E-state index is 11.5. The molecule has 6 atom stereocenters. The third-order valence-electron chi connectivity index (χ3n) is 5.87. The van der Waals surface area contributed by atoms with E-state index in [1.54, 1.807) is 0 Å². The number of carbonyl (C=O) groups excluding carboxylic acids is 1. The summed E-state index contributed by atoms with van der Waals surface area (Å²) >= 11 is 0. The van der Waals surface area contributed by atoms with Crippen LogP contribution in [0.4, 0.5) is 0 Å². The lowest BCUT2D eigenvalue weighted by molar-refractivity contribution is -0.158. The monoisotopic (exact) mass is 264 g/mol. The van der Waals surface area contributed by atoms with Gasteiger partial charge in [-0.25, -0.2) is 4.79 Å². The number of ether oxygens (including phenoxy) is 1. The summed E-state index contributed by atoms with van der Waals surface area (Å²) in [5, 5.41) is 9.87. The van der Waals surface area contributed by atoms with Crippen molar-refractivity contribution in [1.82, 2.24) is 0 Å². The average Bonchev–Trinajstić information content (AvgIpc) is 2.97. The molecular weight excluding hydrogens is 240 g/mol. The van der Waals surface area contributed by atoms with Crippen molar-refractivity contribution in [3.05, 3.63) is 12.7 Å². The third kappa shape index (κ3) is 2.03. The Morgan fingerprint density at radius 2 is 1.89 bits per heavy atom. The van der Waals surface area contributed by atoms with Crippen molar-refractivity contribution in [2.75, 3.05) is 0 Å². The molecule has 0 aromatic carbocycles. The highest BCUT2D eigenvalue weighted by molar-refractivity contribution is 5.81. The van der Waals surface area contributed by atoms with Crippen molar-refractivity contribution < 1.29 is 14.6 Å². The molecule has 0 radical (unpaired) electrons. The fourth-order valence-electron chi connectivity index (χ4n) is 5.22. The van der Waals surface area contributed by atoms with Gasteiger partial charge in [0.25, 0.3) is 0 Å². The highest BCUT2D eigenvalue weighted by Crippen LogP contribution is 2.63. The zero-order valence-electron chi connectivity index (χ0n) is 11.8. The molecule has 0 aromatic heterocycles. The summed E-state index contributed by atoms with van der Waals surface area (Å²) in [6, 6.07) is 0. The minimum atomic E-state index is -0.413. The summed E-state index contributed by atoms with van der Waals surface area (Å²) < 4.78 is 5.58. The molecular formula is C16H24O3. The van der Waals surface area contributed by atoms with Gasteiger partial charge >= 0.3 is 5.97 Å². The average molecular weight is 264 g/mol. The van der Waals surface area contributed by atoms with E-state index in [2.05, 4.69) is 6.58 Å². The van der Waals surface area contributed by atoms with E-state index in [0.717, 1.165) is 31.1 Å². The van der Waals surface area contributed by atoms with E-state index in [-0.39, 0.29) is 12.1 Å². The minimum Gasteiger partial charge on any atom is -0.456 e. The number of esters is 1. The Bertz CT molecular complexity index is 401. The van der Waals surface area contributed by atoms with Crippen LogP contribution in [-0.2, 0) is 9.53 Å². The lowest BCUT2D eigenvalue weighted by Gasteiger charge is -2.40. The summed E-state index contributed by atoms with van der Waals surface area (Å²) in [4.78, 5) is 11.5. The lowest BCUT2D eigenvalue weighted by atomic mass is 9.70. The summed E-state index contributed by atoms with van der Waals surface area (Å²) in [5.74, 6) is 2.85. The van der Waals surface area contributed by atoms with Crippen LogP contribution in [0.2, 0.25) is 0 Å². The molecule has 0 aromatic rings. The van der Waals surface area contributed by atoms with Gasteiger partial charge in [-0.1, -0.05) is 6.58 Å². The van der Waals surface area contributed by atoms with E-state index in [0.29, 0.717) is 17.8 Å². The Kier molecular flexibility index (Phi) is 3.01. The molecule has 3 nitrogen and oxygen atoms in total. The molecule has 3 fully saturated rings. The number of aliphatic hydroxyl groups is 1.